The fourth-order valence-corrected chi connectivity index (χ4v) is 4.65. The number of aliphatic hydroxyl groups excluding tert-OH is 1. The minimum Gasteiger partial charge on any atom is -0.506 e. The number of sulfonamides is 1. The lowest BCUT2D eigenvalue weighted by atomic mass is 9.98. The minimum absolute atomic E-state index is 0.0101. The van der Waals surface area contributed by atoms with Gasteiger partial charge in [-0.3, -0.25) is 9.52 Å². The van der Waals surface area contributed by atoms with Crippen molar-refractivity contribution >= 4 is 21.7 Å². The van der Waals surface area contributed by atoms with Gasteiger partial charge >= 0.3 is 5.97 Å². The molecule has 38 heavy (non-hydrogen) atoms. The van der Waals surface area contributed by atoms with E-state index in [9.17, 15) is 23.4 Å². The van der Waals surface area contributed by atoms with Crippen LogP contribution in [0.3, 0.4) is 0 Å². The van der Waals surface area contributed by atoms with Crippen LogP contribution in [0.5, 0.6) is 11.5 Å². The molecule has 0 aliphatic carbocycles. The number of aliphatic hydroxyl groups is 1. The number of benzene rings is 3. The van der Waals surface area contributed by atoms with Crippen LogP contribution < -0.4 is 14.8 Å². The van der Waals surface area contributed by atoms with Gasteiger partial charge in [0.15, 0.2) is 0 Å². The van der Waals surface area contributed by atoms with E-state index in [2.05, 4.69) is 22.2 Å². The summed E-state index contributed by atoms with van der Waals surface area (Å²) in [7, 11) is -3.57. The largest absolute Gasteiger partial charge is 0.506 e. The number of carboxylic acid groups (broad SMARTS) is 1. The van der Waals surface area contributed by atoms with Crippen LogP contribution >= 0.6 is 0 Å². The standard InChI is InChI=1S/C28H34N2O7S/c1-18-14-23(21-7-4-20(5-8-21)6-11-27(33)34)15-19(2)28(18)37-13-12-29-17-26(32)22-9-10-25(31)24(16-22)30-38(3,35)36/h4-5,7-10,14-16,26,29-32H,6,11-13,17H2,1-3H3,(H,33,34)/t26-/m0/s1. The van der Waals surface area contributed by atoms with Gasteiger partial charge in [0.05, 0.1) is 18.0 Å². The summed E-state index contributed by atoms with van der Waals surface area (Å²) in [6, 6.07) is 16.3. The molecule has 3 rings (SSSR count). The first-order chi connectivity index (χ1) is 17.9. The molecule has 0 bridgehead atoms. The highest BCUT2D eigenvalue weighted by Crippen LogP contribution is 2.31. The molecule has 0 aliphatic rings. The number of carbonyl (C=O) groups is 1. The fourth-order valence-electron chi connectivity index (χ4n) is 4.08. The quantitative estimate of drug-likeness (QED) is 0.162. The lowest BCUT2D eigenvalue weighted by Crippen LogP contribution is -2.26. The summed E-state index contributed by atoms with van der Waals surface area (Å²) in [6.45, 7) is 5.03. The van der Waals surface area contributed by atoms with Gasteiger partial charge in [-0.1, -0.05) is 30.3 Å². The first kappa shape index (κ1) is 29.0. The van der Waals surface area contributed by atoms with Crippen LogP contribution in [-0.4, -0.2) is 55.7 Å². The van der Waals surface area contributed by atoms with Crippen LogP contribution in [0.4, 0.5) is 5.69 Å². The van der Waals surface area contributed by atoms with Gasteiger partial charge < -0.3 is 25.4 Å². The Balaban J connectivity index is 1.52. The summed E-state index contributed by atoms with van der Waals surface area (Å²) in [4.78, 5) is 10.8. The van der Waals surface area contributed by atoms with E-state index < -0.39 is 22.1 Å². The highest BCUT2D eigenvalue weighted by Gasteiger charge is 2.13. The van der Waals surface area contributed by atoms with Gasteiger partial charge in [0.2, 0.25) is 10.0 Å². The van der Waals surface area contributed by atoms with Gasteiger partial charge in [-0.15, -0.1) is 0 Å². The van der Waals surface area contributed by atoms with E-state index in [1.54, 1.807) is 0 Å². The second-order valence-corrected chi connectivity index (χ2v) is 11.0. The number of hydrogen-bond acceptors (Lipinski definition) is 7. The van der Waals surface area contributed by atoms with E-state index in [1.165, 1.54) is 18.2 Å². The van der Waals surface area contributed by atoms with Gasteiger partial charge in [0.25, 0.3) is 0 Å². The molecular weight excluding hydrogens is 508 g/mol. The number of carboxylic acids is 1. The maximum Gasteiger partial charge on any atom is 0.303 e. The number of anilines is 1. The Morgan fingerprint density at radius 2 is 1.66 bits per heavy atom. The number of aliphatic carboxylic acids is 1. The predicted molar refractivity (Wildman–Crippen MR) is 147 cm³/mol. The molecule has 0 aromatic heterocycles. The SMILES string of the molecule is Cc1cc(-c2ccc(CCC(=O)O)cc2)cc(C)c1OCCNC[C@H](O)c1ccc(O)c(NS(C)(=O)=O)c1. The summed E-state index contributed by atoms with van der Waals surface area (Å²) in [5.74, 6) is -0.237. The average Bonchev–Trinajstić information content (AvgIpc) is 2.84. The first-order valence-electron chi connectivity index (χ1n) is 12.2. The molecule has 9 nitrogen and oxygen atoms in total. The van der Waals surface area contributed by atoms with Gasteiger partial charge in [-0.2, -0.15) is 0 Å². The molecule has 0 spiro atoms. The van der Waals surface area contributed by atoms with Crippen molar-refractivity contribution in [3.63, 3.8) is 0 Å². The highest BCUT2D eigenvalue weighted by molar-refractivity contribution is 7.92. The number of ether oxygens (including phenoxy) is 1. The third kappa shape index (κ3) is 8.47. The van der Waals surface area contributed by atoms with Crippen molar-refractivity contribution in [2.24, 2.45) is 0 Å². The maximum atomic E-state index is 11.5. The molecule has 1 atom stereocenters. The highest BCUT2D eigenvalue weighted by atomic mass is 32.2. The Morgan fingerprint density at radius 1 is 1.00 bits per heavy atom. The Hall–Kier alpha value is -3.60. The normalized spacial score (nSPS) is 12.2. The van der Waals surface area contributed by atoms with E-state index in [4.69, 9.17) is 9.84 Å². The van der Waals surface area contributed by atoms with Crippen LogP contribution in [0.25, 0.3) is 11.1 Å². The van der Waals surface area contributed by atoms with Crippen molar-refractivity contribution in [3.8, 4) is 22.6 Å². The van der Waals surface area contributed by atoms with Crippen LogP contribution in [0.2, 0.25) is 0 Å². The van der Waals surface area contributed by atoms with Crippen molar-refractivity contribution in [1.82, 2.24) is 5.32 Å². The van der Waals surface area contributed by atoms with Crippen molar-refractivity contribution in [2.75, 3.05) is 30.7 Å². The van der Waals surface area contributed by atoms with Gasteiger partial charge in [-0.25, -0.2) is 8.42 Å². The van der Waals surface area contributed by atoms with Crippen molar-refractivity contribution < 1.29 is 33.3 Å². The molecule has 10 heteroatoms. The number of phenols is 1. The van der Waals surface area contributed by atoms with Crippen LogP contribution in [0.15, 0.2) is 54.6 Å². The smallest absolute Gasteiger partial charge is 0.303 e. The Labute approximate surface area is 223 Å². The van der Waals surface area contributed by atoms with Crippen LogP contribution in [-0.2, 0) is 21.2 Å². The fraction of sp³-hybridized carbons (Fsp3) is 0.321. The molecule has 0 amide bonds. The number of phenolic OH excluding ortho intramolecular Hbond substituents is 1. The Morgan fingerprint density at radius 3 is 2.26 bits per heavy atom. The molecule has 0 radical (unpaired) electrons. The molecule has 0 saturated heterocycles. The number of aryl methyl sites for hydroxylation is 3. The number of rotatable bonds is 13. The minimum atomic E-state index is -3.57. The first-order valence-corrected chi connectivity index (χ1v) is 14.1. The second-order valence-electron chi connectivity index (χ2n) is 9.25. The lowest BCUT2D eigenvalue weighted by Gasteiger charge is -2.16. The second kappa shape index (κ2) is 12.8. The summed E-state index contributed by atoms with van der Waals surface area (Å²) >= 11 is 0. The molecule has 0 unspecified atom stereocenters. The summed E-state index contributed by atoms with van der Waals surface area (Å²) < 4.78 is 31.1. The van der Waals surface area contributed by atoms with Gasteiger partial charge in [-0.05, 0) is 77.9 Å². The molecule has 3 aromatic carbocycles. The molecule has 0 fully saturated rings. The zero-order valence-corrected chi connectivity index (χ0v) is 22.5. The molecule has 5 N–H and O–H groups in total. The predicted octanol–water partition coefficient (Wildman–Crippen LogP) is 3.77. The van der Waals surface area contributed by atoms with E-state index >= 15 is 0 Å². The summed E-state index contributed by atoms with van der Waals surface area (Å²) in [6.07, 6.45) is 0.686. The van der Waals surface area contributed by atoms with E-state index in [-0.39, 0.29) is 24.4 Å². The molecular formula is C28H34N2O7S. The number of nitrogens with one attached hydrogen (secondary N) is 2. The van der Waals surface area contributed by atoms with E-state index in [0.717, 1.165) is 39.8 Å². The van der Waals surface area contributed by atoms with Crippen molar-refractivity contribution in [1.29, 1.82) is 0 Å². The summed E-state index contributed by atoms with van der Waals surface area (Å²) in [5, 5.41) is 32.3. The third-order valence-corrected chi connectivity index (χ3v) is 6.53. The monoisotopic (exact) mass is 542 g/mol. The van der Waals surface area contributed by atoms with Gasteiger partial charge in [0.1, 0.15) is 18.1 Å². The lowest BCUT2D eigenvalue weighted by molar-refractivity contribution is -0.136. The third-order valence-electron chi connectivity index (χ3n) is 5.94. The zero-order valence-electron chi connectivity index (χ0n) is 21.7. The maximum absolute atomic E-state index is 11.5. The van der Waals surface area contributed by atoms with Crippen molar-refractivity contribution in [2.45, 2.75) is 32.8 Å². The number of aromatic hydroxyl groups is 1. The molecule has 0 heterocycles. The molecule has 3 aromatic rings. The van der Waals surface area contributed by atoms with E-state index in [1.807, 2.05) is 38.1 Å². The topological polar surface area (TPSA) is 145 Å². The Kier molecular flexibility index (Phi) is 9.73. The van der Waals surface area contributed by atoms with Crippen LogP contribution in [0, 0.1) is 13.8 Å². The molecule has 204 valence electrons. The van der Waals surface area contributed by atoms with Crippen molar-refractivity contribution in [3.05, 3.63) is 76.9 Å². The van der Waals surface area contributed by atoms with E-state index in [0.29, 0.717) is 25.1 Å². The van der Waals surface area contributed by atoms with Gasteiger partial charge in [0, 0.05) is 19.5 Å². The molecule has 0 aliphatic heterocycles. The van der Waals surface area contributed by atoms with Crippen LogP contribution in [0.1, 0.15) is 34.8 Å². The molecule has 0 saturated carbocycles. The Bertz CT molecular complexity index is 1350. The summed E-state index contributed by atoms with van der Waals surface area (Å²) in [5.41, 5.74) is 5.53. The zero-order chi connectivity index (χ0) is 27.9. The average molecular weight is 543 g/mol. The number of hydrogen-bond donors (Lipinski definition) is 5.